The van der Waals surface area contributed by atoms with Crippen LogP contribution in [-0.4, -0.2) is 19.1 Å². The number of allylic oxidation sites excluding steroid dienone is 4. The van der Waals surface area contributed by atoms with Crippen molar-refractivity contribution in [1.29, 1.82) is 0 Å². The van der Waals surface area contributed by atoms with E-state index in [1.165, 1.54) is 199 Å². The van der Waals surface area contributed by atoms with E-state index in [4.69, 9.17) is 9.97 Å². The highest BCUT2D eigenvalue weighted by atomic mass is 32.1. The Kier molecular flexibility index (Phi) is 14.3. The summed E-state index contributed by atoms with van der Waals surface area (Å²) >= 11 is 1.87. The van der Waals surface area contributed by atoms with Crippen molar-refractivity contribution in [2.75, 3.05) is 0 Å². The van der Waals surface area contributed by atoms with Crippen LogP contribution in [0.25, 0.3) is 197 Å². The zero-order valence-electron chi connectivity index (χ0n) is 71.9. The molecule has 4 aromatic heterocycles. The quantitative estimate of drug-likeness (QED) is 0.149. The fourth-order valence-electron chi connectivity index (χ4n) is 26.1. The van der Waals surface area contributed by atoms with Crippen molar-refractivity contribution in [2.24, 2.45) is 13.0 Å². The van der Waals surface area contributed by atoms with Crippen LogP contribution in [0.3, 0.4) is 0 Å². The van der Waals surface area contributed by atoms with Crippen LogP contribution in [-0.2, 0) is 35.3 Å². The van der Waals surface area contributed by atoms with Gasteiger partial charge in [0.05, 0.1) is 31.6 Å². The first kappa shape index (κ1) is 72.1. The van der Waals surface area contributed by atoms with Crippen LogP contribution in [0.4, 0.5) is 0 Å². The van der Waals surface area contributed by atoms with Crippen molar-refractivity contribution >= 4 is 98.6 Å². The van der Waals surface area contributed by atoms with Crippen molar-refractivity contribution in [1.82, 2.24) is 19.1 Å². The highest BCUT2D eigenvalue weighted by Crippen LogP contribution is 2.68. The molecule has 4 unspecified atom stereocenters. The minimum atomic E-state index is -0.614. The number of aryl methyl sites for hydroxylation is 1. The van der Waals surface area contributed by atoms with E-state index in [0.29, 0.717) is 0 Å². The molecule has 2 spiro atoms. The fraction of sp³-hybridized carbons (Fsp3) is 0.0968. The molecule has 0 bridgehead atoms. The largest absolute Gasteiger partial charge is 0.344 e. The van der Waals surface area contributed by atoms with Crippen molar-refractivity contribution < 1.29 is 0 Å². The standard InChI is InChI=1S/C124H82N4S/c1-121(2)97-37-15-10-33-90(97)113-92(35-24-43-104(113)121)119-117-118(120(129-119)93-36-25-44-105-114(93)91-34-11-16-38-98(91)122(105,3)4)126-116-96-64-72(74-52-58-84-80-27-7-18-40-100(80)124(107(84)66-74)101-41-19-8-28-81(101)85-59-53-75(67-108(85)124)76-54-60-89-86-30-12-21-45-109(86)127(5)112(89)68-76)50-56-78(96)77-55-49-71(63-95(77)115(116)125-117)73-51-57-83-79-26-6-17-39-99(79)123(106(83)65-73)102-42-20-9-29-82(102)94-62-70(48-61-103(94)123)69-128-110-46-22-13-31-87(110)88-32-14-23-47-111(88)128/h6-68,79,99H,69H2,1-5H3. The van der Waals surface area contributed by atoms with E-state index in [1.54, 1.807) is 0 Å². The Morgan fingerprint density at radius 3 is 1.25 bits per heavy atom. The average molecular weight is 1660 g/mol. The van der Waals surface area contributed by atoms with Crippen LogP contribution in [0.5, 0.6) is 0 Å². The maximum Gasteiger partial charge on any atom is 0.109 e. The molecule has 0 radical (unpaired) electrons. The molecule has 0 N–H and O–H groups in total. The summed E-state index contributed by atoms with van der Waals surface area (Å²) in [5, 5.41) is 9.55. The van der Waals surface area contributed by atoms with Gasteiger partial charge < -0.3 is 9.13 Å². The topological polar surface area (TPSA) is 35.6 Å². The van der Waals surface area contributed by atoms with Gasteiger partial charge in [0.15, 0.2) is 0 Å². The third-order valence-corrected chi connectivity index (χ3v) is 33.0. The number of hydrogen-bond acceptors (Lipinski definition) is 3. The molecule has 0 saturated heterocycles. The Labute approximate surface area is 751 Å². The fourth-order valence-corrected chi connectivity index (χ4v) is 27.3. The van der Waals surface area contributed by atoms with Gasteiger partial charge in [-0.1, -0.05) is 349 Å². The molecule has 29 rings (SSSR count). The van der Waals surface area contributed by atoms with Crippen molar-refractivity contribution in [3.8, 4) is 110 Å². The first-order valence-electron chi connectivity index (χ1n) is 45.7. The lowest BCUT2D eigenvalue weighted by Crippen LogP contribution is -2.33. The number of nitrogens with zero attached hydrogens (tertiary/aromatic N) is 4. The van der Waals surface area contributed by atoms with E-state index in [2.05, 4.69) is 426 Å². The number of fused-ring (bicyclic) bond motifs is 39. The van der Waals surface area contributed by atoms with Gasteiger partial charge >= 0.3 is 0 Å². The normalized spacial score (nSPS) is 17.8. The molecule has 4 heterocycles. The lowest BCUT2D eigenvalue weighted by molar-refractivity contribution is 0.465. The monoisotopic (exact) mass is 1660 g/mol. The van der Waals surface area contributed by atoms with E-state index in [0.717, 1.165) is 76.6 Å². The molecule has 18 aromatic carbocycles. The Balaban J connectivity index is 0.658. The molecule has 0 fully saturated rings. The molecule has 5 heteroatoms. The van der Waals surface area contributed by atoms with Crippen LogP contribution in [0.1, 0.15) is 106 Å². The third-order valence-electron chi connectivity index (χ3n) is 31.7. The lowest BCUT2D eigenvalue weighted by Gasteiger charge is -2.36. The number of para-hydroxylation sites is 3. The van der Waals surface area contributed by atoms with Gasteiger partial charge in [-0.15, -0.1) is 11.3 Å². The molecule has 0 aliphatic heterocycles. The molecule has 129 heavy (non-hydrogen) atoms. The molecular formula is C124H82N4S. The maximum absolute atomic E-state index is 6.42. The minimum Gasteiger partial charge on any atom is -0.344 e. The van der Waals surface area contributed by atoms with Crippen molar-refractivity contribution in [2.45, 2.75) is 61.8 Å². The lowest BCUT2D eigenvalue weighted by atomic mass is 9.65. The molecule has 604 valence electrons. The summed E-state index contributed by atoms with van der Waals surface area (Å²) < 4.78 is 4.87. The zero-order chi connectivity index (χ0) is 85.0. The molecular weight excluding hydrogens is 1580 g/mol. The molecule has 0 amide bonds. The second-order valence-electron chi connectivity index (χ2n) is 38.3. The predicted octanol–water partition coefficient (Wildman–Crippen LogP) is 31.4. The minimum absolute atomic E-state index is 0.156. The van der Waals surface area contributed by atoms with Crippen molar-refractivity contribution in [3.63, 3.8) is 0 Å². The van der Waals surface area contributed by atoms with Gasteiger partial charge in [0, 0.05) is 102 Å². The van der Waals surface area contributed by atoms with Gasteiger partial charge in [-0.25, -0.2) is 9.97 Å². The number of rotatable bonds is 7. The molecule has 4 nitrogen and oxygen atoms in total. The molecule has 7 aliphatic carbocycles. The maximum atomic E-state index is 6.42. The second-order valence-corrected chi connectivity index (χ2v) is 39.4. The van der Waals surface area contributed by atoms with Crippen LogP contribution in [0.15, 0.2) is 382 Å². The smallest absolute Gasteiger partial charge is 0.109 e. The van der Waals surface area contributed by atoms with Gasteiger partial charge in [-0.05, 0) is 233 Å². The Morgan fingerprint density at radius 1 is 0.279 bits per heavy atom. The Hall–Kier alpha value is -15.1. The van der Waals surface area contributed by atoms with E-state index in [-0.39, 0.29) is 22.7 Å². The molecule has 4 atom stereocenters. The van der Waals surface area contributed by atoms with Crippen LogP contribution in [0.2, 0.25) is 0 Å². The van der Waals surface area contributed by atoms with E-state index in [1.807, 2.05) is 11.3 Å². The summed E-state index contributed by atoms with van der Waals surface area (Å²) in [6.45, 7) is 10.4. The highest BCUT2D eigenvalue weighted by molar-refractivity contribution is 7.21. The predicted molar refractivity (Wildman–Crippen MR) is 537 cm³/mol. The number of benzene rings is 18. The average Bonchev–Trinajstić information content (AvgIpc) is 1.51. The number of hydrogen-bond donors (Lipinski definition) is 0. The van der Waals surface area contributed by atoms with Gasteiger partial charge in [0.1, 0.15) is 11.0 Å². The van der Waals surface area contributed by atoms with Crippen molar-refractivity contribution in [3.05, 3.63) is 455 Å². The summed E-state index contributed by atoms with van der Waals surface area (Å²) in [7, 11) is 2.21. The summed E-state index contributed by atoms with van der Waals surface area (Å²) in [6.07, 6.45) is 9.59. The van der Waals surface area contributed by atoms with E-state index in [9.17, 15) is 0 Å². The molecule has 0 saturated carbocycles. The zero-order valence-corrected chi connectivity index (χ0v) is 72.7. The molecule has 22 aromatic rings. The van der Waals surface area contributed by atoms with Crippen LogP contribution in [0, 0.1) is 5.92 Å². The SMILES string of the molecule is Cn1c2ccccc2c2ccc(-c3ccc4c(c3)C3(c5ccccc5-c5ccc(-c6ccc7c8ccc(-c9ccc%10c(c9)C9(c%11ccccc%11-c%11cc(Cn%12c%13ccccc%13c%13ccccc%13%12)ccc%119)C9C=CC=CC%109)cc8c8nc9c(-c%10cccc%11c%10-c%10ccccc%10C%11(C)C)sc(-c%10cccc%11c%10-c%10ccccc%10C%11(C)C)c9nc8c7c6)cc53)c3ccccc3-4)cc21. The Morgan fingerprint density at radius 2 is 0.682 bits per heavy atom. The molecule has 7 aliphatic rings. The first-order valence-corrected chi connectivity index (χ1v) is 46.5. The van der Waals surface area contributed by atoms with E-state index >= 15 is 0 Å². The second kappa shape index (κ2) is 25.6. The number of aromatic nitrogens is 4. The number of thiophene rings is 1. The Bertz CT molecular complexity index is 8910. The summed E-state index contributed by atoms with van der Waals surface area (Å²) in [6, 6.07) is 138. The first-order chi connectivity index (χ1) is 63.4. The van der Waals surface area contributed by atoms with Gasteiger partial charge in [-0.2, -0.15) is 0 Å². The van der Waals surface area contributed by atoms with Gasteiger partial charge in [0.25, 0.3) is 0 Å². The summed E-state index contributed by atoms with van der Waals surface area (Å²) in [5.74, 6) is 0.337. The highest BCUT2D eigenvalue weighted by Gasteiger charge is 2.58. The summed E-state index contributed by atoms with van der Waals surface area (Å²) in [5.41, 5.74) is 46.7. The van der Waals surface area contributed by atoms with Crippen LogP contribution < -0.4 is 0 Å². The summed E-state index contributed by atoms with van der Waals surface area (Å²) in [4.78, 5) is 15.1. The van der Waals surface area contributed by atoms with Gasteiger partial charge in [-0.3, -0.25) is 0 Å². The van der Waals surface area contributed by atoms with Gasteiger partial charge in [0.2, 0.25) is 0 Å². The van der Waals surface area contributed by atoms with Crippen LogP contribution >= 0.6 is 11.3 Å². The third kappa shape index (κ3) is 9.27. The van der Waals surface area contributed by atoms with E-state index < -0.39 is 10.8 Å².